The molecule has 0 saturated carbocycles. The van der Waals surface area contributed by atoms with Gasteiger partial charge in [0.15, 0.2) is 0 Å². The third kappa shape index (κ3) is 4.09. The maximum atomic E-state index is 13.3. The predicted octanol–water partition coefficient (Wildman–Crippen LogP) is 3.02. The summed E-state index contributed by atoms with van der Waals surface area (Å²) in [5, 5.41) is 1.95. The third-order valence-electron chi connectivity index (χ3n) is 5.58. The second-order valence-corrected chi connectivity index (χ2v) is 8.49. The van der Waals surface area contributed by atoms with Crippen LogP contribution in [0.5, 0.6) is 0 Å². The molecule has 0 aliphatic carbocycles. The molecule has 0 bridgehead atoms. The number of thiophene rings is 1. The van der Waals surface area contributed by atoms with E-state index in [1.807, 2.05) is 17.5 Å². The monoisotopic (exact) mass is 425 g/mol. The molecule has 2 aliphatic rings. The average Bonchev–Trinajstić information content (AvgIpc) is 3.39. The zero-order valence-electron chi connectivity index (χ0n) is 17.3. The Kier molecular flexibility index (Phi) is 6.42. The van der Waals surface area contributed by atoms with Crippen molar-refractivity contribution in [3.63, 3.8) is 0 Å². The van der Waals surface area contributed by atoms with Crippen molar-refractivity contribution >= 4 is 34.7 Å². The summed E-state index contributed by atoms with van der Waals surface area (Å²) in [6, 6.07) is 5.66. The number of carbonyl (C=O) groups excluding carboxylic acids is 2. The van der Waals surface area contributed by atoms with E-state index in [0.717, 1.165) is 30.6 Å². The lowest BCUT2D eigenvalue weighted by atomic mass is 10.1. The van der Waals surface area contributed by atoms with E-state index in [1.54, 1.807) is 18.5 Å². The smallest absolute Gasteiger partial charge is 0.277 e. The molecular weight excluding hydrogens is 398 g/mol. The first-order chi connectivity index (χ1) is 14.7. The zero-order chi connectivity index (χ0) is 20.9. The molecule has 0 radical (unpaired) electrons. The highest BCUT2D eigenvalue weighted by molar-refractivity contribution is 7.11. The Morgan fingerprint density at radius 2 is 1.67 bits per heavy atom. The topological polar surface area (TPSA) is 69.6 Å². The molecule has 0 spiro atoms. The molecule has 4 heterocycles. The minimum Gasteiger partial charge on any atom is -0.363 e. The molecule has 1 saturated heterocycles. The number of unbranched alkanes of at least 4 members (excludes halogenated alkanes) is 3. The lowest BCUT2D eigenvalue weighted by Crippen LogP contribution is -2.48. The van der Waals surface area contributed by atoms with Gasteiger partial charge in [-0.3, -0.25) is 14.5 Å². The minimum atomic E-state index is -0.150. The lowest BCUT2D eigenvalue weighted by Gasteiger charge is -2.36. The van der Waals surface area contributed by atoms with E-state index in [-0.39, 0.29) is 11.8 Å². The summed E-state index contributed by atoms with van der Waals surface area (Å²) in [7, 11) is 0. The number of aromatic nitrogens is 2. The van der Waals surface area contributed by atoms with Crippen LogP contribution >= 0.6 is 11.3 Å². The van der Waals surface area contributed by atoms with Crippen molar-refractivity contribution in [2.75, 3.05) is 37.6 Å². The van der Waals surface area contributed by atoms with Gasteiger partial charge in [0, 0.05) is 50.0 Å². The lowest BCUT2D eigenvalue weighted by molar-refractivity contribution is -0.137. The first-order valence-corrected chi connectivity index (χ1v) is 11.5. The van der Waals surface area contributed by atoms with Gasteiger partial charge in [0.1, 0.15) is 5.70 Å². The van der Waals surface area contributed by atoms with Crippen molar-refractivity contribution in [1.82, 2.24) is 19.8 Å². The Morgan fingerprint density at radius 1 is 0.933 bits per heavy atom. The number of anilines is 1. The van der Waals surface area contributed by atoms with E-state index >= 15 is 0 Å². The quantitative estimate of drug-likeness (QED) is 0.478. The van der Waals surface area contributed by atoms with Gasteiger partial charge in [0.25, 0.3) is 11.8 Å². The third-order valence-corrected chi connectivity index (χ3v) is 6.46. The van der Waals surface area contributed by atoms with E-state index in [4.69, 9.17) is 0 Å². The summed E-state index contributed by atoms with van der Waals surface area (Å²) in [5.74, 6) is 0.406. The molecule has 2 amide bonds. The molecule has 0 unspecified atom stereocenters. The second kappa shape index (κ2) is 9.38. The van der Waals surface area contributed by atoms with Crippen LogP contribution < -0.4 is 4.90 Å². The van der Waals surface area contributed by atoms with E-state index < -0.39 is 0 Å². The molecule has 0 N–H and O–H groups in total. The highest BCUT2D eigenvalue weighted by Gasteiger charge is 2.42. The first kappa shape index (κ1) is 20.5. The fraction of sp³-hybridized carbons (Fsp3) is 0.455. The van der Waals surface area contributed by atoms with E-state index in [1.165, 1.54) is 16.2 Å². The van der Waals surface area contributed by atoms with Crippen LogP contribution in [0.4, 0.5) is 5.95 Å². The molecule has 1 fully saturated rings. The number of hydrogen-bond acceptors (Lipinski definition) is 7. The van der Waals surface area contributed by atoms with Crippen LogP contribution in [0.15, 0.2) is 41.7 Å². The van der Waals surface area contributed by atoms with Gasteiger partial charge in [0.05, 0.1) is 5.57 Å². The van der Waals surface area contributed by atoms with Crippen molar-refractivity contribution in [1.29, 1.82) is 0 Å². The molecule has 8 heteroatoms. The standard InChI is InChI=1S/C22H27N5O2S/c1-2-3-4-5-11-27-20(28)18(17-8-6-16-30-17)19(21(27)29)25-12-14-26(15-13-25)22-23-9-7-10-24-22/h6-10,16H,2-5,11-15H2,1H3. The number of nitrogens with zero attached hydrogens (tertiary/aromatic N) is 5. The first-order valence-electron chi connectivity index (χ1n) is 10.6. The Morgan fingerprint density at radius 3 is 2.33 bits per heavy atom. The van der Waals surface area contributed by atoms with E-state index in [2.05, 4.69) is 26.7 Å². The number of hydrogen-bond donors (Lipinski definition) is 0. The summed E-state index contributed by atoms with van der Waals surface area (Å²) in [6.07, 6.45) is 7.62. The zero-order valence-corrected chi connectivity index (χ0v) is 18.1. The fourth-order valence-electron chi connectivity index (χ4n) is 3.98. The van der Waals surface area contributed by atoms with Crippen LogP contribution in [0.3, 0.4) is 0 Å². The van der Waals surface area contributed by atoms with Crippen LogP contribution in [0, 0.1) is 0 Å². The minimum absolute atomic E-state index is 0.149. The van der Waals surface area contributed by atoms with Crippen LogP contribution in [0.2, 0.25) is 0 Å². The number of amides is 2. The molecule has 2 aromatic heterocycles. The van der Waals surface area contributed by atoms with Gasteiger partial charge in [-0.15, -0.1) is 11.3 Å². The SMILES string of the molecule is CCCCCCN1C(=O)C(c2cccs2)=C(N2CCN(c3ncccn3)CC2)C1=O. The van der Waals surface area contributed by atoms with Gasteiger partial charge in [0.2, 0.25) is 5.95 Å². The van der Waals surface area contributed by atoms with Crippen molar-refractivity contribution in [3.05, 3.63) is 46.5 Å². The van der Waals surface area contributed by atoms with Crippen LogP contribution in [0.1, 0.15) is 37.5 Å². The average molecular weight is 426 g/mol. The Labute approximate surface area is 181 Å². The predicted molar refractivity (Wildman–Crippen MR) is 118 cm³/mol. The highest BCUT2D eigenvalue weighted by Crippen LogP contribution is 2.34. The molecule has 2 aromatic rings. The summed E-state index contributed by atoms with van der Waals surface area (Å²) in [6.45, 7) is 5.39. The summed E-state index contributed by atoms with van der Waals surface area (Å²) in [4.78, 5) is 41.7. The van der Waals surface area contributed by atoms with Crippen LogP contribution in [-0.4, -0.2) is 64.3 Å². The molecular formula is C22H27N5O2S. The Bertz CT molecular complexity index is 905. The number of piperazine rings is 1. The van der Waals surface area contributed by atoms with Gasteiger partial charge in [-0.05, 0) is 23.9 Å². The molecule has 30 heavy (non-hydrogen) atoms. The number of imide groups is 1. The van der Waals surface area contributed by atoms with Gasteiger partial charge in [-0.2, -0.15) is 0 Å². The maximum absolute atomic E-state index is 13.3. The molecule has 2 aliphatic heterocycles. The summed E-state index contributed by atoms with van der Waals surface area (Å²) in [5.41, 5.74) is 1.13. The van der Waals surface area contributed by atoms with Crippen LogP contribution in [-0.2, 0) is 9.59 Å². The van der Waals surface area contributed by atoms with Crippen molar-refractivity contribution < 1.29 is 9.59 Å². The normalized spacial score (nSPS) is 17.4. The Hall–Kier alpha value is -2.74. The van der Waals surface area contributed by atoms with Crippen LogP contribution in [0.25, 0.3) is 5.57 Å². The second-order valence-electron chi connectivity index (χ2n) is 7.55. The molecule has 4 rings (SSSR count). The number of rotatable bonds is 8. The number of carbonyl (C=O) groups is 2. The molecule has 158 valence electrons. The van der Waals surface area contributed by atoms with E-state index in [9.17, 15) is 9.59 Å². The van der Waals surface area contributed by atoms with Crippen molar-refractivity contribution in [2.24, 2.45) is 0 Å². The maximum Gasteiger partial charge on any atom is 0.277 e. The molecule has 7 nitrogen and oxygen atoms in total. The van der Waals surface area contributed by atoms with E-state index in [0.29, 0.717) is 49.9 Å². The fourth-order valence-corrected chi connectivity index (χ4v) is 4.75. The largest absolute Gasteiger partial charge is 0.363 e. The summed E-state index contributed by atoms with van der Waals surface area (Å²) >= 11 is 1.51. The molecule has 0 atom stereocenters. The summed E-state index contributed by atoms with van der Waals surface area (Å²) < 4.78 is 0. The van der Waals surface area contributed by atoms with Gasteiger partial charge in [-0.1, -0.05) is 32.3 Å². The van der Waals surface area contributed by atoms with Gasteiger partial charge in [-0.25, -0.2) is 9.97 Å². The van der Waals surface area contributed by atoms with Crippen molar-refractivity contribution in [2.45, 2.75) is 32.6 Å². The van der Waals surface area contributed by atoms with Gasteiger partial charge >= 0.3 is 0 Å². The van der Waals surface area contributed by atoms with Gasteiger partial charge < -0.3 is 9.80 Å². The molecule has 0 aromatic carbocycles. The van der Waals surface area contributed by atoms with Crippen molar-refractivity contribution in [3.8, 4) is 0 Å². The Balaban J connectivity index is 1.53. The highest BCUT2D eigenvalue weighted by atomic mass is 32.1.